The van der Waals surface area contributed by atoms with Gasteiger partial charge in [-0.2, -0.15) is 0 Å². The summed E-state index contributed by atoms with van der Waals surface area (Å²) in [7, 11) is 1.67. The standard InChI is InChI=1S/C24H31N3O5/c1-32-20-5-3-2-4-18(20)26-10-8-25(9-11-26)13-16(28)14-27-23(30)21-15-6-7-17(19(29)12-15)22(21)24(27)31/h2-5,15-17,21-22,28H,6-14H2,1H3. The predicted molar refractivity (Wildman–Crippen MR) is 117 cm³/mol. The monoisotopic (exact) mass is 441 g/mol. The smallest absolute Gasteiger partial charge is 0.233 e. The number of aliphatic hydroxyl groups is 1. The Kier molecular flexibility index (Phi) is 5.67. The van der Waals surface area contributed by atoms with E-state index < -0.39 is 12.0 Å². The van der Waals surface area contributed by atoms with Gasteiger partial charge in [-0.3, -0.25) is 24.2 Å². The van der Waals surface area contributed by atoms with Crippen LogP contribution >= 0.6 is 0 Å². The summed E-state index contributed by atoms with van der Waals surface area (Å²) in [5, 5.41) is 10.7. The normalized spacial score (nSPS) is 31.2. The Hall–Kier alpha value is -2.45. The van der Waals surface area contributed by atoms with E-state index in [4.69, 9.17) is 4.74 Å². The van der Waals surface area contributed by atoms with E-state index in [9.17, 15) is 19.5 Å². The van der Waals surface area contributed by atoms with Crippen LogP contribution in [0.5, 0.6) is 5.75 Å². The van der Waals surface area contributed by atoms with Crippen LogP contribution in [0, 0.1) is 23.7 Å². The molecule has 1 N–H and O–H groups in total. The minimum Gasteiger partial charge on any atom is -0.495 e. The first kappa shape index (κ1) is 21.4. The van der Waals surface area contributed by atoms with Gasteiger partial charge in [0.15, 0.2) is 0 Å². The molecule has 5 unspecified atom stereocenters. The van der Waals surface area contributed by atoms with Gasteiger partial charge in [-0.25, -0.2) is 0 Å². The minimum absolute atomic E-state index is 0.000789. The number of para-hydroxylation sites is 2. The number of likely N-dealkylation sites (tertiary alicyclic amines) is 1. The third-order valence-corrected chi connectivity index (χ3v) is 7.82. The number of carbonyl (C=O) groups is 3. The predicted octanol–water partition coefficient (Wildman–Crippen LogP) is 0.778. The van der Waals surface area contributed by atoms with E-state index in [1.165, 1.54) is 4.90 Å². The van der Waals surface area contributed by atoms with Gasteiger partial charge in [0.2, 0.25) is 11.8 Å². The average molecular weight is 442 g/mol. The fraction of sp³-hybridized carbons (Fsp3) is 0.625. The lowest BCUT2D eigenvalue weighted by molar-refractivity contribution is -0.144. The third kappa shape index (κ3) is 3.59. The first-order chi connectivity index (χ1) is 15.5. The number of hydrogen-bond acceptors (Lipinski definition) is 7. The van der Waals surface area contributed by atoms with Crippen LogP contribution in [0.3, 0.4) is 0 Å². The number of β-amino-alcohol motifs (C(OH)–C–C–N with tert-alkyl or cyclic N) is 1. The van der Waals surface area contributed by atoms with Crippen molar-refractivity contribution in [3.8, 4) is 5.75 Å². The van der Waals surface area contributed by atoms with Gasteiger partial charge in [-0.15, -0.1) is 0 Å². The summed E-state index contributed by atoms with van der Waals surface area (Å²) in [6.45, 7) is 3.61. The number of amides is 2. The maximum absolute atomic E-state index is 13.0. The van der Waals surface area contributed by atoms with Crippen molar-refractivity contribution in [2.24, 2.45) is 23.7 Å². The maximum atomic E-state index is 13.0. The van der Waals surface area contributed by atoms with E-state index in [1.807, 2.05) is 24.3 Å². The topological polar surface area (TPSA) is 90.4 Å². The number of aliphatic hydroxyl groups excluding tert-OH is 1. The second-order valence-electron chi connectivity index (χ2n) is 9.57. The van der Waals surface area contributed by atoms with E-state index in [1.54, 1.807) is 7.11 Å². The highest BCUT2D eigenvalue weighted by Gasteiger charge is 2.60. The molecular weight excluding hydrogens is 410 g/mol. The fourth-order valence-electron chi connectivity index (χ4n) is 6.25. The Balaban J connectivity index is 1.17. The lowest BCUT2D eigenvalue weighted by atomic mass is 9.59. The van der Waals surface area contributed by atoms with E-state index >= 15 is 0 Å². The summed E-state index contributed by atoms with van der Waals surface area (Å²) >= 11 is 0. The van der Waals surface area contributed by atoms with Crippen LogP contribution in [0.4, 0.5) is 5.69 Å². The zero-order valence-corrected chi connectivity index (χ0v) is 18.5. The van der Waals surface area contributed by atoms with Gasteiger partial charge in [0.05, 0.1) is 37.3 Å². The van der Waals surface area contributed by atoms with Gasteiger partial charge >= 0.3 is 0 Å². The molecule has 2 bridgehead atoms. The molecule has 5 aliphatic rings. The number of rotatable bonds is 6. The molecule has 2 heterocycles. The van der Waals surface area contributed by atoms with Crippen molar-refractivity contribution in [2.75, 3.05) is 51.3 Å². The quantitative estimate of drug-likeness (QED) is 0.653. The van der Waals surface area contributed by atoms with E-state index in [-0.39, 0.29) is 41.9 Å². The number of piperazine rings is 1. The van der Waals surface area contributed by atoms with Gasteiger partial charge in [-0.1, -0.05) is 12.1 Å². The Labute approximate surface area is 188 Å². The molecule has 2 saturated heterocycles. The van der Waals surface area contributed by atoms with Gasteiger partial charge in [0.1, 0.15) is 11.5 Å². The molecule has 2 aliphatic heterocycles. The van der Waals surface area contributed by atoms with E-state index in [2.05, 4.69) is 9.80 Å². The van der Waals surface area contributed by atoms with Crippen LogP contribution in [-0.2, 0) is 14.4 Å². The largest absolute Gasteiger partial charge is 0.495 e. The Bertz CT molecular complexity index is 913. The number of nitrogens with zero attached hydrogens (tertiary/aromatic N) is 3. The molecule has 3 aliphatic carbocycles. The van der Waals surface area contributed by atoms with Gasteiger partial charge < -0.3 is 14.7 Å². The minimum atomic E-state index is -0.797. The SMILES string of the molecule is COc1ccccc1N1CCN(CC(O)CN2C(=O)C3C4CCC(C(=O)C4)C3C2=O)CC1. The maximum Gasteiger partial charge on any atom is 0.233 e. The number of Topliss-reactive ketones (excluding diaryl/α,β-unsaturated/α-hetero) is 1. The average Bonchev–Trinajstić information content (AvgIpc) is 3.06. The number of ketones is 1. The van der Waals surface area contributed by atoms with Crippen LogP contribution in [0.25, 0.3) is 0 Å². The Morgan fingerprint density at radius 1 is 1.00 bits per heavy atom. The molecule has 172 valence electrons. The number of benzene rings is 1. The number of ether oxygens (including phenoxy) is 1. The molecule has 32 heavy (non-hydrogen) atoms. The van der Waals surface area contributed by atoms with Crippen LogP contribution in [-0.4, -0.2) is 85.0 Å². The molecule has 0 spiro atoms. The molecule has 0 radical (unpaired) electrons. The first-order valence-corrected chi connectivity index (χ1v) is 11.6. The second kappa shape index (κ2) is 8.48. The molecule has 5 atom stereocenters. The third-order valence-electron chi connectivity index (χ3n) is 7.82. The number of fused-ring (bicyclic) bond motifs is 2. The molecule has 1 aromatic rings. The van der Waals surface area contributed by atoms with Crippen molar-refractivity contribution in [1.82, 2.24) is 9.80 Å². The van der Waals surface area contributed by atoms with Gasteiger partial charge in [0, 0.05) is 45.1 Å². The molecule has 0 aromatic heterocycles. The van der Waals surface area contributed by atoms with Crippen molar-refractivity contribution in [1.29, 1.82) is 0 Å². The van der Waals surface area contributed by atoms with Crippen molar-refractivity contribution in [3.63, 3.8) is 0 Å². The van der Waals surface area contributed by atoms with Gasteiger partial charge in [0.25, 0.3) is 0 Å². The highest BCUT2D eigenvalue weighted by atomic mass is 16.5. The zero-order valence-electron chi connectivity index (χ0n) is 18.5. The van der Waals surface area contributed by atoms with Crippen molar-refractivity contribution in [2.45, 2.75) is 25.4 Å². The molecular formula is C24H31N3O5. The van der Waals surface area contributed by atoms with Crippen LogP contribution in [0.2, 0.25) is 0 Å². The summed E-state index contributed by atoms with van der Waals surface area (Å²) in [6, 6.07) is 7.95. The lowest BCUT2D eigenvalue weighted by Crippen LogP contribution is -2.50. The number of hydrogen-bond donors (Lipinski definition) is 1. The zero-order chi connectivity index (χ0) is 22.4. The van der Waals surface area contributed by atoms with E-state index in [0.717, 1.165) is 50.5 Å². The van der Waals surface area contributed by atoms with E-state index in [0.29, 0.717) is 13.0 Å². The lowest BCUT2D eigenvalue weighted by Gasteiger charge is -2.41. The summed E-state index contributed by atoms with van der Waals surface area (Å²) in [5.41, 5.74) is 1.07. The first-order valence-electron chi connectivity index (χ1n) is 11.6. The second-order valence-corrected chi connectivity index (χ2v) is 9.57. The molecule has 2 amide bonds. The van der Waals surface area contributed by atoms with Crippen LogP contribution < -0.4 is 9.64 Å². The number of methoxy groups -OCH3 is 1. The number of imide groups is 1. The highest BCUT2D eigenvalue weighted by Crippen LogP contribution is 2.51. The molecule has 3 saturated carbocycles. The highest BCUT2D eigenvalue weighted by molar-refractivity contribution is 6.08. The van der Waals surface area contributed by atoms with Gasteiger partial charge in [-0.05, 0) is 30.9 Å². The van der Waals surface area contributed by atoms with Crippen molar-refractivity contribution >= 4 is 23.3 Å². The van der Waals surface area contributed by atoms with Crippen LogP contribution in [0.1, 0.15) is 19.3 Å². The Morgan fingerprint density at radius 3 is 2.44 bits per heavy atom. The molecule has 6 rings (SSSR count). The van der Waals surface area contributed by atoms with Crippen molar-refractivity contribution < 1.29 is 24.2 Å². The molecule has 5 fully saturated rings. The number of anilines is 1. The summed E-state index contributed by atoms with van der Waals surface area (Å²) < 4.78 is 5.47. The molecule has 8 nitrogen and oxygen atoms in total. The Morgan fingerprint density at radius 2 is 1.72 bits per heavy atom. The van der Waals surface area contributed by atoms with Crippen molar-refractivity contribution in [3.05, 3.63) is 24.3 Å². The fourth-order valence-corrected chi connectivity index (χ4v) is 6.25. The number of carbonyl (C=O) groups excluding carboxylic acids is 3. The molecule has 1 aromatic carbocycles. The summed E-state index contributed by atoms with van der Waals surface area (Å²) in [6.07, 6.45) is 1.20. The summed E-state index contributed by atoms with van der Waals surface area (Å²) in [5.74, 6) is -0.578. The van der Waals surface area contributed by atoms with Crippen LogP contribution in [0.15, 0.2) is 24.3 Å². The summed E-state index contributed by atoms with van der Waals surface area (Å²) in [4.78, 5) is 43.9. The molecule has 8 heteroatoms.